The van der Waals surface area contributed by atoms with Crippen molar-refractivity contribution in [3.63, 3.8) is 0 Å². The van der Waals surface area contributed by atoms with Gasteiger partial charge in [0.15, 0.2) is 0 Å². The molecule has 0 aromatic heterocycles. The molecule has 0 radical (unpaired) electrons. The second kappa shape index (κ2) is 14.0. The van der Waals surface area contributed by atoms with Gasteiger partial charge in [0, 0.05) is 30.3 Å². The van der Waals surface area contributed by atoms with Gasteiger partial charge >= 0.3 is 0 Å². The molecule has 66 heavy (non-hydrogen) atoms. The van der Waals surface area contributed by atoms with Gasteiger partial charge in [0.2, 0.25) is 0 Å². The van der Waals surface area contributed by atoms with E-state index < -0.39 is 10.8 Å². The molecular weight excluding hydrogens is 795 g/mol. The molecule has 3 unspecified atom stereocenters. The Hall–Kier alpha value is -8.00. The summed E-state index contributed by atoms with van der Waals surface area (Å²) in [5.74, 6) is 0.665. The number of fused-ring (bicyclic) bond motifs is 23. The molecule has 0 heterocycles. The van der Waals surface area contributed by atoms with E-state index in [-0.39, 0.29) is 0 Å². The van der Waals surface area contributed by atoms with Gasteiger partial charge in [-0.3, -0.25) is 0 Å². The molecule has 3 atom stereocenters. The van der Waals surface area contributed by atoms with Crippen molar-refractivity contribution < 1.29 is 0 Å². The lowest BCUT2D eigenvalue weighted by molar-refractivity contribution is 0.665. The maximum Gasteiger partial charge on any atom is 0.0726 e. The van der Waals surface area contributed by atoms with Crippen LogP contribution in [0.4, 0.5) is 11.4 Å². The van der Waals surface area contributed by atoms with E-state index in [2.05, 4.69) is 218 Å². The summed E-state index contributed by atoms with van der Waals surface area (Å²) in [7, 11) is 2.26. The van der Waals surface area contributed by atoms with E-state index in [9.17, 15) is 0 Å². The Labute approximate surface area is 386 Å². The predicted molar refractivity (Wildman–Crippen MR) is 274 cm³/mol. The third-order valence-electron chi connectivity index (χ3n) is 15.7. The molecule has 0 N–H and O–H groups in total. The van der Waals surface area contributed by atoms with Crippen LogP contribution in [-0.2, 0) is 10.8 Å². The van der Waals surface area contributed by atoms with Gasteiger partial charge in [-0.2, -0.15) is 0 Å². The zero-order valence-corrected chi connectivity index (χ0v) is 36.7. The molecule has 9 aromatic rings. The summed E-state index contributed by atoms with van der Waals surface area (Å²) in [4.78, 5) is 2.43. The first-order valence-corrected chi connectivity index (χ1v) is 23.4. The van der Waals surface area contributed by atoms with Crippen molar-refractivity contribution in [2.75, 3.05) is 11.9 Å². The van der Waals surface area contributed by atoms with E-state index in [0.29, 0.717) is 11.8 Å². The topological polar surface area (TPSA) is 3.24 Å². The van der Waals surface area contributed by atoms with Gasteiger partial charge in [-0.1, -0.05) is 218 Å². The van der Waals surface area contributed by atoms with E-state index in [1.165, 1.54) is 111 Å². The first-order chi connectivity index (χ1) is 32.7. The van der Waals surface area contributed by atoms with Crippen molar-refractivity contribution in [1.82, 2.24) is 0 Å². The smallest absolute Gasteiger partial charge is 0.0726 e. The molecule has 0 bridgehead atoms. The first kappa shape index (κ1) is 37.4. The summed E-state index contributed by atoms with van der Waals surface area (Å²) in [5.41, 5.74) is 23.5. The van der Waals surface area contributed by atoms with Crippen molar-refractivity contribution in [2.24, 2.45) is 11.8 Å². The third-order valence-corrected chi connectivity index (χ3v) is 15.7. The van der Waals surface area contributed by atoms with Gasteiger partial charge in [0.1, 0.15) is 0 Å². The van der Waals surface area contributed by atoms with Crippen molar-refractivity contribution in [3.05, 3.63) is 293 Å². The summed E-state index contributed by atoms with van der Waals surface area (Å²) in [5, 5.41) is 2.60. The minimum Gasteiger partial charge on any atom is -0.345 e. The standard InChI is InChI=1S/C59H39N.C6H6/c1-60(38-28-30-45-44-20-8-12-24-50(44)59(54(45)34-38)51-25-13-9-21-46(51)56-40-16-4-2-14-36(40)26-32-52(56)59)39-29-31-47-55(35-39)58(53-33-27-37-15-3-5-17-41(37)57(47)53)48-22-10-6-18-42(48)43-19-7-11-23-49(43)58;1-2-4-6-5-3-1/h2-35,37,41H,1H3;1-6H. The van der Waals surface area contributed by atoms with Gasteiger partial charge in [0.25, 0.3) is 0 Å². The Balaban J connectivity index is 0.000000646. The highest BCUT2D eigenvalue weighted by Crippen LogP contribution is 2.66. The molecular formula is C65H45N. The van der Waals surface area contributed by atoms with Gasteiger partial charge in [0.05, 0.1) is 10.8 Å². The number of anilines is 2. The van der Waals surface area contributed by atoms with Crippen LogP contribution in [0.2, 0.25) is 0 Å². The quantitative estimate of drug-likeness (QED) is 0.168. The number of rotatable bonds is 2. The van der Waals surface area contributed by atoms with Crippen LogP contribution >= 0.6 is 0 Å². The van der Waals surface area contributed by atoms with Crippen LogP contribution in [0.25, 0.3) is 49.7 Å². The largest absolute Gasteiger partial charge is 0.345 e. The summed E-state index contributed by atoms with van der Waals surface area (Å²) in [6.45, 7) is 0. The van der Waals surface area contributed by atoms with Crippen molar-refractivity contribution >= 4 is 27.7 Å². The second-order valence-electron chi connectivity index (χ2n) is 18.6. The fourth-order valence-electron chi connectivity index (χ4n) is 13.1. The molecule has 9 aromatic carbocycles. The maximum atomic E-state index is 2.53. The fraction of sp³-hybridized carbons (Fsp3) is 0.0769. The first-order valence-electron chi connectivity index (χ1n) is 23.4. The summed E-state index contributed by atoms with van der Waals surface area (Å²) in [6.07, 6.45) is 14.2. The Morgan fingerprint density at radius 3 is 1.53 bits per heavy atom. The van der Waals surface area contributed by atoms with Crippen molar-refractivity contribution in [3.8, 4) is 33.4 Å². The van der Waals surface area contributed by atoms with E-state index in [0.717, 1.165) is 0 Å². The highest BCUT2D eigenvalue weighted by molar-refractivity contribution is 6.06. The van der Waals surface area contributed by atoms with E-state index in [1.807, 2.05) is 36.4 Å². The number of hydrogen-bond acceptors (Lipinski definition) is 1. The van der Waals surface area contributed by atoms with E-state index in [1.54, 1.807) is 0 Å². The molecule has 1 heteroatoms. The van der Waals surface area contributed by atoms with Crippen molar-refractivity contribution in [1.29, 1.82) is 0 Å². The average Bonchev–Trinajstić information content (AvgIpc) is 4.08. The van der Waals surface area contributed by atoms with Crippen LogP contribution in [0.5, 0.6) is 0 Å². The summed E-state index contributed by atoms with van der Waals surface area (Å²) in [6, 6.07) is 76.9. The Morgan fingerprint density at radius 1 is 0.379 bits per heavy atom. The van der Waals surface area contributed by atoms with Crippen LogP contribution in [0, 0.1) is 11.8 Å². The van der Waals surface area contributed by atoms with Crippen LogP contribution in [0.1, 0.15) is 44.5 Å². The fourth-order valence-corrected chi connectivity index (χ4v) is 13.1. The minimum atomic E-state index is -0.425. The summed E-state index contributed by atoms with van der Waals surface area (Å²) >= 11 is 0. The highest BCUT2D eigenvalue weighted by atomic mass is 15.1. The number of benzene rings is 9. The number of allylic oxidation sites excluding steroid dienone is 8. The van der Waals surface area contributed by atoms with Crippen molar-refractivity contribution in [2.45, 2.75) is 10.8 Å². The molecule has 310 valence electrons. The molecule has 6 aliphatic carbocycles. The summed E-state index contributed by atoms with van der Waals surface area (Å²) < 4.78 is 0. The Kier molecular flexibility index (Phi) is 7.93. The molecule has 2 spiro atoms. The van der Waals surface area contributed by atoms with Crippen LogP contribution in [0.15, 0.2) is 248 Å². The van der Waals surface area contributed by atoms with Gasteiger partial charge in [-0.25, -0.2) is 0 Å². The van der Waals surface area contributed by atoms with Gasteiger partial charge in [-0.15, -0.1) is 0 Å². The molecule has 0 fully saturated rings. The lowest BCUT2D eigenvalue weighted by atomic mass is 9.67. The van der Waals surface area contributed by atoms with E-state index >= 15 is 0 Å². The highest BCUT2D eigenvalue weighted by Gasteiger charge is 2.55. The molecule has 0 saturated heterocycles. The lowest BCUT2D eigenvalue weighted by Crippen LogP contribution is -2.28. The average molecular weight is 840 g/mol. The SMILES string of the molecule is CN(c1ccc2c(c1)C1(C3=C2C2C=CC=CC2C=C3)c2ccccc2-c2ccccc21)c1ccc2c(c1)C1(c3ccccc3-2)c2ccccc2-c2c1ccc1ccccc21.c1ccccc1. The van der Waals surface area contributed by atoms with E-state index in [4.69, 9.17) is 0 Å². The molecule has 1 nitrogen and oxygen atoms in total. The Morgan fingerprint density at radius 2 is 0.879 bits per heavy atom. The van der Waals surface area contributed by atoms with Crippen LogP contribution < -0.4 is 4.90 Å². The van der Waals surface area contributed by atoms with Crippen LogP contribution in [-0.4, -0.2) is 7.05 Å². The number of nitrogens with zero attached hydrogens (tertiary/aromatic N) is 1. The predicted octanol–water partition coefficient (Wildman–Crippen LogP) is 15.6. The zero-order valence-electron chi connectivity index (χ0n) is 36.7. The molecule has 0 saturated carbocycles. The second-order valence-corrected chi connectivity index (χ2v) is 18.6. The molecule has 0 aliphatic heterocycles. The number of hydrogen-bond donors (Lipinski definition) is 0. The Bertz CT molecular complexity index is 3560. The van der Waals surface area contributed by atoms with Gasteiger partial charge in [-0.05, 0) is 124 Å². The lowest BCUT2D eigenvalue weighted by Gasteiger charge is -2.34. The monoisotopic (exact) mass is 839 g/mol. The molecule has 6 aliphatic rings. The normalized spacial score (nSPS) is 19.5. The zero-order chi connectivity index (χ0) is 43.6. The molecule has 15 rings (SSSR count). The third kappa shape index (κ3) is 4.79. The minimum absolute atomic E-state index is 0.306. The van der Waals surface area contributed by atoms with Crippen LogP contribution in [0.3, 0.4) is 0 Å². The molecule has 0 amide bonds. The maximum absolute atomic E-state index is 2.53. The van der Waals surface area contributed by atoms with Gasteiger partial charge < -0.3 is 4.90 Å².